The second kappa shape index (κ2) is 6.73. The molecule has 1 aromatic heterocycles. The summed E-state index contributed by atoms with van der Waals surface area (Å²) in [7, 11) is 0. The zero-order valence-electron chi connectivity index (χ0n) is 12.6. The van der Waals surface area contributed by atoms with Crippen molar-refractivity contribution in [3.05, 3.63) is 57.2 Å². The largest absolute Gasteiger partial charge is 0.257 e. The number of hydrogen-bond donors (Lipinski definition) is 0. The van der Waals surface area contributed by atoms with Gasteiger partial charge >= 0.3 is 0 Å². The maximum absolute atomic E-state index is 9.60. The number of pyridine rings is 1. The topological polar surface area (TPSA) is 37.9 Å². The van der Waals surface area contributed by atoms with Crippen molar-refractivity contribution in [3.8, 4) is 6.07 Å². The van der Waals surface area contributed by atoms with E-state index in [-0.39, 0.29) is 0 Å². The zero-order valence-corrected chi connectivity index (χ0v) is 14.2. The van der Waals surface area contributed by atoms with Crippen LogP contribution in [0.5, 0.6) is 0 Å². The van der Waals surface area contributed by atoms with Crippen LogP contribution in [-0.4, -0.2) is 0 Å². The lowest BCUT2D eigenvalue weighted by atomic mass is 9.88. The minimum Gasteiger partial charge on any atom is -0.202 e. The monoisotopic (exact) mass is 329 g/mol. The number of rotatable bonds is 3. The van der Waals surface area contributed by atoms with Crippen LogP contribution >= 0.6 is 23.4 Å². The summed E-state index contributed by atoms with van der Waals surface area (Å²) in [5, 5.41) is 11.3. The number of aromatic amines is 1. The molecule has 22 heavy (non-hydrogen) atoms. The third-order valence-corrected chi connectivity index (χ3v) is 5.48. The van der Waals surface area contributed by atoms with Gasteiger partial charge in [0.15, 0.2) is 5.69 Å². The summed E-state index contributed by atoms with van der Waals surface area (Å²) >= 11 is 7.62. The molecule has 0 spiro atoms. The molecule has 112 valence electrons. The molecule has 0 saturated heterocycles. The van der Waals surface area contributed by atoms with Gasteiger partial charge < -0.3 is 0 Å². The van der Waals surface area contributed by atoms with Crippen molar-refractivity contribution >= 4 is 23.4 Å². The van der Waals surface area contributed by atoms with Gasteiger partial charge in [-0.05, 0) is 48.9 Å². The Hall–Kier alpha value is -1.50. The van der Waals surface area contributed by atoms with E-state index in [2.05, 4.69) is 18.0 Å². The SMILES string of the molecule is Cc1[nH+]c(SCc2ccc(Cl)cc2)c(C#N)c2c1CCCC2. The average Bonchev–Trinajstić information content (AvgIpc) is 2.54. The summed E-state index contributed by atoms with van der Waals surface area (Å²) < 4.78 is 0. The van der Waals surface area contributed by atoms with Crippen LogP contribution in [0.1, 0.15) is 40.8 Å². The van der Waals surface area contributed by atoms with E-state index >= 15 is 0 Å². The van der Waals surface area contributed by atoms with Crippen molar-refractivity contribution in [1.29, 1.82) is 5.26 Å². The van der Waals surface area contributed by atoms with Gasteiger partial charge in [-0.25, -0.2) is 4.98 Å². The molecule has 0 atom stereocenters. The lowest BCUT2D eigenvalue weighted by Gasteiger charge is -2.17. The van der Waals surface area contributed by atoms with E-state index < -0.39 is 0 Å². The van der Waals surface area contributed by atoms with Crippen molar-refractivity contribution in [1.82, 2.24) is 0 Å². The molecule has 0 fully saturated rings. The molecule has 0 bridgehead atoms. The summed E-state index contributed by atoms with van der Waals surface area (Å²) in [6.07, 6.45) is 4.53. The van der Waals surface area contributed by atoms with Gasteiger partial charge in [0, 0.05) is 23.3 Å². The number of fused-ring (bicyclic) bond motifs is 1. The Balaban J connectivity index is 1.89. The fourth-order valence-electron chi connectivity index (χ4n) is 3.00. The minimum atomic E-state index is 0.752. The number of nitrogens with zero attached hydrogens (tertiary/aromatic N) is 1. The molecule has 1 N–H and O–H groups in total. The van der Waals surface area contributed by atoms with E-state index in [0.717, 1.165) is 34.2 Å². The number of thioether (sulfide) groups is 1. The molecule has 4 heteroatoms. The molecule has 2 aromatic rings. The molecule has 1 aliphatic rings. The first kappa shape index (κ1) is 15.4. The predicted molar refractivity (Wildman–Crippen MR) is 90.1 cm³/mol. The molecular weight excluding hydrogens is 312 g/mol. The summed E-state index contributed by atoms with van der Waals surface area (Å²) in [6, 6.07) is 10.3. The van der Waals surface area contributed by atoms with Crippen molar-refractivity contribution in [3.63, 3.8) is 0 Å². The van der Waals surface area contributed by atoms with E-state index in [0.29, 0.717) is 0 Å². The molecule has 0 unspecified atom stereocenters. The second-order valence-electron chi connectivity index (χ2n) is 5.65. The molecule has 0 amide bonds. The van der Waals surface area contributed by atoms with Gasteiger partial charge in [0.2, 0.25) is 0 Å². The summed E-state index contributed by atoms with van der Waals surface area (Å²) in [5.74, 6) is 0.834. The van der Waals surface area contributed by atoms with E-state index in [9.17, 15) is 5.26 Å². The molecule has 1 aromatic carbocycles. The smallest absolute Gasteiger partial charge is 0.202 e. The number of nitrogens with one attached hydrogen (secondary N) is 1. The van der Waals surface area contributed by atoms with Crippen LogP contribution < -0.4 is 4.98 Å². The highest BCUT2D eigenvalue weighted by atomic mass is 35.5. The Morgan fingerprint density at radius 3 is 2.55 bits per heavy atom. The van der Waals surface area contributed by atoms with Crippen molar-refractivity contribution in [2.45, 2.75) is 43.4 Å². The number of halogens is 1. The maximum Gasteiger partial charge on any atom is 0.257 e. The van der Waals surface area contributed by atoms with Gasteiger partial charge in [0.25, 0.3) is 5.03 Å². The van der Waals surface area contributed by atoms with E-state index in [4.69, 9.17) is 11.6 Å². The summed E-state index contributed by atoms with van der Waals surface area (Å²) in [4.78, 5) is 3.45. The predicted octanol–water partition coefficient (Wildman–Crippen LogP) is 4.51. The van der Waals surface area contributed by atoms with Gasteiger partial charge in [-0.3, -0.25) is 0 Å². The molecular formula is C18H18ClN2S+. The Morgan fingerprint density at radius 2 is 1.86 bits per heavy atom. The first-order chi connectivity index (χ1) is 10.7. The van der Waals surface area contributed by atoms with Crippen molar-refractivity contribution in [2.75, 3.05) is 0 Å². The number of H-pyrrole nitrogens is 1. The third kappa shape index (κ3) is 3.14. The fraction of sp³-hybridized carbons (Fsp3) is 0.333. The van der Waals surface area contributed by atoms with Crippen LogP contribution in [0, 0.1) is 18.3 Å². The Morgan fingerprint density at radius 1 is 1.18 bits per heavy atom. The third-order valence-electron chi connectivity index (χ3n) is 4.16. The van der Waals surface area contributed by atoms with E-state index in [1.165, 1.54) is 35.2 Å². The molecule has 1 heterocycles. The number of hydrogen-bond acceptors (Lipinski definition) is 2. The molecule has 1 aliphatic carbocycles. The second-order valence-corrected chi connectivity index (χ2v) is 7.07. The molecule has 3 rings (SSSR count). The van der Waals surface area contributed by atoms with E-state index in [1.54, 1.807) is 11.8 Å². The van der Waals surface area contributed by atoms with Gasteiger partial charge in [-0.1, -0.05) is 35.5 Å². The highest BCUT2D eigenvalue weighted by molar-refractivity contribution is 7.98. The molecule has 0 saturated carbocycles. The number of aromatic nitrogens is 1. The first-order valence-electron chi connectivity index (χ1n) is 7.54. The number of aryl methyl sites for hydroxylation is 1. The maximum atomic E-state index is 9.60. The quantitative estimate of drug-likeness (QED) is 0.777. The Labute approximate surface area is 140 Å². The zero-order chi connectivity index (χ0) is 15.5. The van der Waals surface area contributed by atoms with Crippen LogP contribution in [0.2, 0.25) is 5.02 Å². The van der Waals surface area contributed by atoms with Gasteiger partial charge in [0.05, 0.1) is 0 Å². The average molecular weight is 330 g/mol. The van der Waals surface area contributed by atoms with Crippen molar-refractivity contribution < 1.29 is 4.98 Å². The van der Waals surface area contributed by atoms with Gasteiger partial charge in [-0.15, -0.1) is 0 Å². The molecule has 0 radical (unpaired) electrons. The fourth-order valence-corrected chi connectivity index (χ4v) is 4.17. The van der Waals surface area contributed by atoms with E-state index in [1.807, 2.05) is 24.3 Å². The van der Waals surface area contributed by atoms with Crippen LogP contribution in [0.3, 0.4) is 0 Å². The minimum absolute atomic E-state index is 0.752. The number of benzene rings is 1. The summed E-state index contributed by atoms with van der Waals surface area (Å²) in [6.45, 7) is 2.12. The molecule has 2 nitrogen and oxygen atoms in total. The summed E-state index contributed by atoms with van der Waals surface area (Å²) in [5.41, 5.74) is 5.90. The normalized spacial score (nSPS) is 13.5. The van der Waals surface area contributed by atoms with Crippen LogP contribution in [-0.2, 0) is 18.6 Å². The lowest BCUT2D eigenvalue weighted by molar-refractivity contribution is -0.436. The van der Waals surface area contributed by atoms with Gasteiger partial charge in [0.1, 0.15) is 11.6 Å². The van der Waals surface area contributed by atoms with Crippen LogP contribution in [0.4, 0.5) is 0 Å². The number of nitriles is 1. The molecule has 0 aliphatic heterocycles. The van der Waals surface area contributed by atoms with Crippen molar-refractivity contribution in [2.24, 2.45) is 0 Å². The van der Waals surface area contributed by atoms with Gasteiger partial charge in [-0.2, -0.15) is 5.26 Å². The Bertz CT molecular complexity index is 732. The highest BCUT2D eigenvalue weighted by Gasteiger charge is 2.25. The lowest BCUT2D eigenvalue weighted by Crippen LogP contribution is -2.21. The standard InChI is InChI=1S/C18H17ClN2S/c1-12-15-4-2-3-5-16(15)17(10-20)18(21-12)22-11-13-6-8-14(19)9-7-13/h6-9H,2-5,11H2,1H3/p+1. The Kier molecular flexibility index (Phi) is 4.71. The first-order valence-corrected chi connectivity index (χ1v) is 8.90. The highest BCUT2D eigenvalue weighted by Crippen LogP contribution is 2.31. The van der Waals surface area contributed by atoms with Crippen LogP contribution in [0.25, 0.3) is 0 Å². The van der Waals surface area contributed by atoms with Crippen LogP contribution in [0.15, 0.2) is 29.3 Å².